The molecule has 0 aromatic rings. The Labute approximate surface area is 115 Å². The zero-order chi connectivity index (χ0) is 13.6. The van der Waals surface area contributed by atoms with Crippen molar-refractivity contribution in [1.29, 1.82) is 0 Å². The van der Waals surface area contributed by atoms with Gasteiger partial charge < -0.3 is 0 Å². The normalized spacial score (nSPS) is 54.3. The van der Waals surface area contributed by atoms with Crippen molar-refractivity contribution in [2.45, 2.75) is 80.1 Å². The number of rotatable bonds is 1. The molecule has 2 saturated carbocycles. The molecule has 0 saturated heterocycles. The third-order valence-corrected chi connectivity index (χ3v) is 7.80. The van der Waals surface area contributed by atoms with E-state index < -0.39 is 0 Å². The van der Waals surface area contributed by atoms with E-state index in [9.17, 15) is 0 Å². The summed E-state index contributed by atoms with van der Waals surface area (Å²) in [6.07, 6.45) is 8.73. The number of hydrogen-bond donors (Lipinski definition) is 0. The van der Waals surface area contributed by atoms with Crippen LogP contribution in [0.3, 0.4) is 0 Å². The average Bonchev–Trinajstić information content (AvgIpc) is 2.32. The molecular weight excluding hydrogens is 216 g/mol. The molecule has 2 fully saturated rings. The Bertz CT molecular complexity index is 240. The van der Waals surface area contributed by atoms with Crippen molar-refractivity contribution >= 4 is 0 Å². The molecule has 0 aliphatic heterocycles. The van der Waals surface area contributed by atoms with Gasteiger partial charge in [0.25, 0.3) is 0 Å². The van der Waals surface area contributed by atoms with Crippen LogP contribution in [-0.4, -0.2) is 0 Å². The van der Waals surface area contributed by atoms with E-state index in [0.717, 1.165) is 23.7 Å². The molecule has 0 spiro atoms. The molecule has 2 rings (SSSR count). The standard InChI is InChI=1S/C18H34/c1-13-9-7-10-14(2)17(13,5)18(6)15(3)11-8-12-16(18)4/h13-16H,7-12H2,1-6H3. The van der Waals surface area contributed by atoms with Crippen LogP contribution in [0.5, 0.6) is 0 Å². The van der Waals surface area contributed by atoms with Gasteiger partial charge in [-0.2, -0.15) is 0 Å². The van der Waals surface area contributed by atoms with E-state index in [2.05, 4.69) is 41.5 Å². The van der Waals surface area contributed by atoms with Crippen LogP contribution in [0.4, 0.5) is 0 Å². The maximum absolute atomic E-state index is 2.64. The van der Waals surface area contributed by atoms with Gasteiger partial charge in [-0.1, -0.05) is 80.1 Å². The largest absolute Gasteiger partial charge is 0.0620 e. The van der Waals surface area contributed by atoms with Crippen molar-refractivity contribution in [3.63, 3.8) is 0 Å². The molecule has 0 nitrogen and oxygen atoms in total. The first-order chi connectivity index (χ1) is 8.35. The van der Waals surface area contributed by atoms with Crippen LogP contribution in [0.25, 0.3) is 0 Å². The molecule has 0 heterocycles. The molecule has 4 atom stereocenters. The van der Waals surface area contributed by atoms with Crippen molar-refractivity contribution in [3.8, 4) is 0 Å². The predicted octanol–water partition coefficient (Wildman–Crippen LogP) is 5.91. The summed E-state index contributed by atoms with van der Waals surface area (Å²) in [5.74, 6) is 3.59. The highest BCUT2D eigenvalue weighted by Gasteiger charge is 2.57. The highest BCUT2D eigenvalue weighted by atomic mass is 14.6. The van der Waals surface area contributed by atoms with E-state index in [0.29, 0.717) is 10.8 Å². The van der Waals surface area contributed by atoms with Gasteiger partial charge in [0, 0.05) is 0 Å². The predicted molar refractivity (Wildman–Crippen MR) is 80.6 cm³/mol. The maximum atomic E-state index is 2.64. The van der Waals surface area contributed by atoms with E-state index in [4.69, 9.17) is 0 Å². The Hall–Kier alpha value is 0. The van der Waals surface area contributed by atoms with Gasteiger partial charge in [-0.05, 0) is 34.5 Å². The van der Waals surface area contributed by atoms with E-state index in [1.54, 1.807) is 0 Å². The van der Waals surface area contributed by atoms with Gasteiger partial charge in [0.15, 0.2) is 0 Å². The highest BCUT2D eigenvalue weighted by Crippen LogP contribution is 2.64. The second-order valence-corrected chi connectivity index (χ2v) is 8.03. The highest BCUT2D eigenvalue weighted by molar-refractivity contribution is 5.05. The molecule has 106 valence electrons. The Kier molecular flexibility index (Phi) is 3.87. The van der Waals surface area contributed by atoms with Crippen molar-refractivity contribution in [2.75, 3.05) is 0 Å². The minimum Gasteiger partial charge on any atom is -0.0620 e. The van der Waals surface area contributed by atoms with Crippen LogP contribution in [-0.2, 0) is 0 Å². The second-order valence-electron chi connectivity index (χ2n) is 8.03. The minimum atomic E-state index is 0.546. The monoisotopic (exact) mass is 250 g/mol. The van der Waals surface area contributed by atoms with Gasteiger partial charge in [-0.15, -0.1) is 0 Å². The zero-order valence-electron chi connectivity index (χ0n) is 13.6. The second kappa shape index (κ2) is 4.84. The summed E-state index contributed by atoms with van der Waals surface area (Å²) in [5.41, 5.74) is 1.09. The van der Waals surface area contributed by atoms with Crippen LogP contribution in [0.2, 0.25) is 0 Å². The van der Waals surface area contributed by atoms with Gasteiger partial charge in [0.1, 0.15) is 0 Å². The Morgan fingerprint density at radius 2 is 0.778 bits per heavy atom. The first-order valence-electron chi connectivity index (χ1n) is 8.35. The average molecular weight is 250 g/mol. The molecular formula is C18H34. The van der Waals surface area contributed by atoms with Crippen molar-refractivity contribution in [2.24, 2.45) is 34.5 Å². The van der Waals surface area contributed by atoms with Crippen molar-refractivity contribution in [3.05, 3.63) is 0 Å². The molecule has 2 aliphatic rings. The third-order valence-electron chi connectivity index (χ3n) is 7.80. The molecule has 0 aromatic carbocycles. The Morgan fingerprint density at radius 1 is 0.556 bits per heavy atom. The lowest BCUT2D eigenvalue weighted by molar-refractivity contribution is -0.142. The molecule has 0 heteroatoms. The van der Waals surface area contributed by atoms with Gasteiger partial charge in [-0.3, -0.25) is 0 Å². The van der Waals surface area contributed by atoms with E-state index in [1.807, 2.05) is 0 Å². The van der Waals surface area contributed by atoms with E-state index in [-0.39, 0.29) is 0 Å². The van der Waals surface area contributed by atoms with E-state index >= 15 is 0 Å². The summed E-state index contributed by atoms with van der Waals surface area (Å²) >= 11 is 0. The maximum Gasteiger partial charge on any atom is -0.0216 e. The summed E-state index contributed by atoms with van der Waals surface area (Å²) < 4.78 is 0. The molecule has 18 heavy (non-hydrogen) atoms. The van der Waals surface area contributed by atoms with Gasteiger partial charge in [-0.25, -0.2) is 0 Å². The first-order valence-corrected chi connectivity index (χ1v) is 8.35. The fourth-order valence-electron chi connectivity index (χ4n) is 5.75. The van der Waals surface area contributed by atoms with Gasteiger partial charge in [0.2, 0.25) is 0 Å². The third kappa shape index (κ3) is 1.78. The Balaban J connectivity index is 2.41. The summed E-state index contributed by atoms with van der Waals surface area (Å²) in [6, 6.07) is 0. The molecule has 2 aliphatic carbocycles. The van der Waals surface area contributed by atoms with Crippen LogP contribution in [0.1, 0.15) is 80.1 Å². The molecule has 0 amide bonds. The topological polar surface area (TPSA) is 0 Å². The summed E-state index contributed by atoms with van der Waals surface area (Å²) in [6.45, 7) is 15.4. The van der Waals surface area contributed by atoms with Crippen LogP contribution < -0.4 is 0 Å². The van der Waals surface area contributed by atoms with Crippen LogP contribution >= 0.6 is 0 Å². The van der Waals surface area contributed by atoms with Gasteiger partial charge in [0.05, 0.1) is 0 Å². The zero-order valence-corrected chi connectivity index (χ0v) is 13.6. The van der Waals surface area contributed by atoms with Crippen molar-refractivity contribution < 1.29 is 0 Å². The number of hydrogen-bond acceptors (Lipinski definition) is 0. The lowest BCUT2D eigenvalue weighted by Crippen LogP contribution is -2.56. The lowest BCUT2D eigenvalue weighted by atomic mass is 9.42. The fourth-order valence-corrected chi connectivity index (χ4v) is 5.75. The van der Waals surface area contributed by atoms with Crippen LogP contribution in [0.15, 0.2) is 0 Å². The quantitative estimate of drug-likeness (QED) is 0.542. The molecule has 4 unspecified atom stereocenters. The molecule has 0 aromatic heterocycles. The van der Waals surface area contributed by atoms with Gasteiger partial charge >= 0.3 is 0 Å². The first kappa shape index (κ1) is 14.4. The van der Waals surface area contributed by atoms with E-state index in [1.165, 1.54) is 38.5 Å². The summed E-state index contributed by atoms with van der Waals surface area (Å²) in [5, 5.41) is 0. The Morgan fingerprint density at radius 3 is 1.00 bits per heavy atom. The SMILES string of the molecule is CC1CCCC(C)C1(C)C1(C)C(C)CCCC1C. The van der Waals surface area contributed by atoms with Crippen molar-refractivity contribution in [1.82, 2.24) is 0 Å². The summed E-state index contributed by atoms with van der Waals surface area (Å²) in [7, 11) is 0. The minimum absolute atomic E-state index is 0.546. The fraction of sp³-hybridized carbons (Fsp3) is 1.00. The smallest absolute Gasteiger partial charge is 0.0216 e. The molecule has 0 radical (unpaired) electrons. The van der Waals surface area contributed by atoms with Crippen LogP contribution in [0, 0.1) is 34.5 Å². The molecule has 0 bridgehead atoms. The molecule has 0 N–H and O–H groups in total. The summed E-state index contributed by atoms with van der Waals surface area (Å²) in [4.78, 5) is 0. The lowest BCUT2D eigenvalue weighted by Gasteiger charge is -2.63.